The van der Waals surface area contributed by atoms with Crippen molar-refractivity contribution in [2.24, 2.45) is 10.9 Å². The number of halogens is 1. The second-order valence-electron chi connectivity index (χ2n) is 4.34. The molecule has 112 valence electrons. The zero-order valence-corrected chi connectivity index (χ0v) is 12.9. The summed E-state index contributed by atoms with van der Waals surface area (Å²) in [5, 5.41) is 12.1. The third kappa shape index (κ3) is 3.41. The first kappa shape index (κ1) is 16.7. The molecule has 0 aliphatic carbocycles. The summed E-state index contributed by atoms with van der Waals surface area (Å²) in [4.78, 5) is 0.0296. The second-order valence-corrected chi connectivity index (χ2v) is 6.46. The van der Waals surface area contributed by atoms with Crippen LogP contribution in [-0.4, -0.2) is 25.0 Å². The van der Waals surface area contributed by atoms with Gasteiger partial charge in [-0.1, -0.05) is 36.7 Å². The first-order valence-electron chi connectivity index (χ1n) is 6.09. The summed E-state index contributed by atoms with van der Waals surface area (Å²) in [5.41, 5.74) is 4.51. The van der Waals surface area contributed by atoms with Gasteiger partial charge in [-0.3, -0.25) is 0 Å². The van der Waals surface area contributed by atoms with E-state index in [0.29, 0.717) is 17.9 Å². The van der Waals surface area contributed by atoms with Crippen LogP contribution in [-0.2, 0) is 10.0 Å². The summed E-state index contributed by atoms with van der Waals surface area (Å²) < 4.78 is 27.3. The topological polar surface area (TPSA) is 105 Å². The predicted octanol–water partition coefficient (Wildman–Crippen LogP) is 1.92. The minimum absolute atomic E-state index is 0.0296. The Labute approximate surface area is 123 Å². The van der Waals surface area contributed by atoms with Gasteiger partial charge in [-0.2, -0.15) is 4.72 Å². The van der Waals surface area contributed by atoms with E-state index in [4.69, 9.17) is 22.5 Å². The second kappa shape index (κ2) is 6.43. The zero-order valence-electron chi connectivity index (χ0n) is 11.3. The van der Waals surface area contributed by atoms with Crippen LogP contribution in [0, 0.1) is 0 Å². The molecule has 0 amide bonds. The molecule has 0 radical (unpaired) electrons. The summed E-state index contributed by atoms with van der Waals surface area (Å²) in [7, 11) is -3.83. The van der Waals surface area contributed by atoms with Gasteiger partial charge in [0, 0.05) is 5.02 Å². The van der Waals surface area contributed by atoms with Crippen molar-refractivity contribution >= 4 is 27.5 Å². The normalized spacial score (nSPS) is 13.4. The van der Waals surface area contributed by atoms with Crippen LogP contribution in [0.25, 0.3) is 0 Å². The van der Waals surface area contributed by atoms with Gasteiger partial charge < -0.3 is 10.9 Å². The minimum Gasteiger partial charge on any atom is -0.409 e. The fraction of sp³-hybridized carbons (Fsp3) is 0.417. The summed E-state index contributed by atoms with van der Waals surface area (Å²) in [6.45, 7) is 3.50. The molecule has 20 heavy (non-hydrogen) atoms. The maximum Gasteiger partial charge on any atom is 0.241 e. The molecular weight excluding hydrogens is 302 g/mol. The number of amidine groups is 1. The fourth-order valence-electron chi connectivity index (χ4n) is 1.85. The molecule has 1 aromatic carbocycles. The van der Waals surface area contributed by atoms with Crippen LogP contribution in [0.1, 0.15) is 26.7 Å². The minimum atomic E-state index is -3.83. The maximum absolute atomic E-state index is 12.4. The van der Waals surface area contributed by atoms with Gasteiger partial charge >= 0.3 is 0 Å². The highest BCUT2D eigenvalue weighted by Crippen LogP contribution is 2.21. The lowest BCUT2D eigenvalue weighted by Gasteiger charge is -2.30. The van der Waals surface area contributed by atoms with Crippen molar-refractivity contribution < 1.29 is 13.6 Å². The van der Waals surface area contributed by atoms with Crippen molar-refractivity contribution in [3.63, 3.8) is 0 Å². The largest absolute Gasteiger partial charge is 0.409 e. The van der Waals surface area contributed by atoms with Crippen LogP contribution in [0.2, 0.25) is 5.02 Å². The number of nitrogens with zero attached hydrogens (tertiary/aromatic N) is 1. The van der Waals surface area contributed by atoms with Crippen molar-refractivity contribution in [1.29, 1.82) is 0 Å². The average Bonchev–Trinajstić information content (AvgIpc) is 2.44. The van der Waals surface area contributed by atoms with Crippen LogP contribution in [0.4, 0.5) is 0 Å². The van der Waals surface area contributed by atoms with Gasteiger partial charge in [-0.25, -0.2) is 8.42 Å². The first-order valence-corrected chi connectivity index (χ1v) is 7.95. The fourth-order valence-corrected chi connectivity index (χ4v) is 3.68. The van der Waals surface area contributed by atoms with Crippen molar-refractivity contribution in [2.45, 2.75) is 37.1 Å². The van der Waals surface area contributed by atoms with Gasteiger partial charge in [-0.15, -0.1) is 0 Å². The molecule has 0 saturated heterocycles. The van der Waals surface area contributed by atoms with E-state index in [1.165, 1.54) is 12.1 Å². The quantitative estimate of drug-likeness (QED) is 0.322. The Hall–Kier alpha value is -1.31. The standard InChI is InChI=1S/C12H18ClN3O3S/c1-3-12(4-2,11(14)15-17)16-20(18,19)10-7-5-6-9(13)8-10/h5-8,16-17H,3-4H2,1-2H3,(H2,14,15). The molecule has 1 aromatic rings. The molecule has 0 unspecified atom stereocenters. The van der Waals surface area contributed by atoms with E-state index in [1.54, 1.807) is 26.0 Å². The van der Waals surface area contributed by atoms with Crippen molar-refractivity contribution in [2.75, 3.05) is 0 Å². The summed E-state index contributed by atoms with van der Waals surface area (Å²) >= 11 is 5.80. The van der Waals surface area contributed by atoms with Gasteiger partial charge in [0.15, 0.2) is 5.84 Å². The molecule has 8 heteroatoms. The molecule has 0 heterocycles. The third-order valence-corrected chi connectivity index (χ3v) is 5.01. The van der Waals surface area contributed by atoms with Crippen molar-refractivity contribution in [3.05, 3.63) is 29.3 Å². The van der Waals surface area contributed by atoms with Gasteiger partial charge in [0.05, 0.1) is 10.4 Å². The number of nitrogens with two attached hydrogens (primary N) is 1. The Kier molecular flexibility index (Phi) is 5.38. The van der Waals surface area contributed by atoms with E-state index in [0.717, 1.165) is 0 Å². The third-order valence-electron chi connectivity index (χ3n) is 3.24. The van der Waals surface area contributed by atoms with Gasteiger partial charge in [0.25, 0.3) is 0 Å². The highest BCUT2D eigenvalue weighted by Gasteiger charge is 2.36. The lowest BCUT2D eigenvalue weighted by atomic mass is 9.93. The van der Waals surface area contributed by atoms with Crippen LogP contribution < -0.4 is 10.5 Å². The lowest BCUT2D eigenvalue weighted by Crippen LogP contribution is -2.56. The summed E-state index contributed by atoms with van der Waals surface area (Å²) in [6, 6.07) is 5.89. The lowest BCUT2D eigenvalue weighted by molar-refractivity contribution is 0.307. The van der Waals surface area contributed by atoms with E-state index in [9.17, 15) is 8.42 Å². The van der Waals surface area contributed by atoms with E-state index in [1.807, 2.05) is 0 Å². The highest BCUT2D eigenvalue weighted by atomic mass is 35.5. The number of nitrogens with one attached hydrogen (secondary N) is 1. The van der Waals surface area contributed by atoms with Crippen LogP contribution in [0.3, 0.4) is 0 Å². The molecule has 0 bridgehead atoms. The van der Waals surface area contributed by atoms with Crippen molar-refractivity contribution in [1.82, 2.24) is 4.72 Å². The number of benzene rings is 1. The predicted molar refractivity (Wildman–Crippen MR) is 78.5 cm³/mol. The molecular formula is C12H18ClN3O3S. The van der Waals surface area contributed by atoms with Crippen LogP contribution >= 0.6 is 11.6 Å². The first-order chi connectivity index (χ1) is 9.31. The van der Waals surface area contributed by atoms with E-state index in [-0.39, 0.29) is 10.7 Å². The van der Waals surface area contributed by atoms with E-state index >= 15 is 0 Å². The summed E-state index contributed by atoms with van der Waals surface area (Å²) in [5.74, 6) is -0.173. The van der Waals surface area contributed by atoms with E-state index < -0.39 is 15.6 Å². The molecule has 1 rings (SSSR count). The Morgan fingerprint density at radius 3 is 2.50 bits per heavy atom. The number of rotatable bonds is 6. The van der Waals surface area contributed by atoms with E-state index in [2.05, 4.69) is 9.88 Å². The smallest absolute Gasteiger partial charge is 0.241 e. The molecule has 0 fully saturated rings. The number of sulfonamides is 1. The average molecular weight is 320 g/mol. The molecule has 0 saturated carbocycles. The highest BCUT2D eigenvalue weighted by molar-refractivity contribution is 7.89. The van der Waals surface area contributed by atoms with Gasteiger partial charge in [0.1, 0.15) is 0 Å². The van der Waals surface area contributed by atoms with Crippen molar-refractivity contribution in [3.8, 4) is 0 Å². The number of hydrogen-bond acceptors (Lipinski definition) is 4. The monoisotopic (exact) mass is 319 g/mol. The Balaban J connectivity index is 3.23. The zero-order chi connectivity index (χ0) is 15.4. The summed E-state index contributed by atoms with van der Waals surface area (Å²) in [6.07, 6.45) is 0.693. The Bertz CT molecular complexity index is 598. The molecule has 4 N–H and O–H groups in total. The maximum atomic E-state index is 12.4. The molecule has 0 aliphatic heterocycles. The molecule has 0 spiro atoms. The number of oxime groups is 1. The SMILES string of the molecule is CCC(CC)(NS(=O)(=O)c1cccc(Cl)c1)/C(N)=N/O. The Morgan fingerprint density at radius 2 is 2.05 bits per heavy atom. The molecule has 0 atom stereocenters. The Morgan fingerprint density at radius 1 is 1.45 bits per heavy atom. The van der Waals surface area contributed by atoms with Gasteiger partial charge in [-0.05, 0) is 31.0 Å². The van der Waals surface area contributed by atoms with Crippen LogP contribution in [0.15, 0.2) is 34.3 Å². The molecule has 0 aromatic heterocycles. The number of hydrogen-bond donors (Lipinski definition) is 3. The van der Waals surface area contributed by atoms with Gasteiger partial charge in [0.2, 0.25) is 10.0 Å². The molecule has 6 nitrogen and oxygen atoms in total. The van der Waals surface area contributed by atoms with Crippen LogP contribution in [0.5, 0.6) is 0 Å². The molecule has 0 aliphatic rings.